The maximum atomic E-state index is 12.6. The normalized spacial score (nSPS) is 22.1. The lowest BCUT2D eigenvalue weighted by Gasteiger charge is -2.41. The van der Waals surface area contributed by atoms with Crippen molar-refractivity contribution in [1.29, 1.82) is 0 Å². The molecule has 1 atom stereocenters. The average Bonchev–Trinajstić information content (AvgIpc) is 2.49. The van der Waals surface area contributed by atoms with E-state index in [-0.39, 0.29) is 28.6 Å². The van der Waals surface area contributed by atoms with Gasteiger partial charge in [-0.05, 0) is 26.2 Å². The molecular weight excluding hydrogens is 290 g/mol. The fourth-order valence-electron chi connectivity index (χ4n) is 2.80. The van der Waals surface area contributed by atoms with Gasteiger partial charge in [-0.2, -0.15) is 0 Å². The molecule has 21 heavy (non-hydrogen) atoms. The number of amides is 1. The quantitative estimate of drug-likeness (QED) is 0.866. The van der Waals surface area contributed by atoms with Crippen molar-refractivity contribution in [3.63, 3.8) is 0 Å². The molecule has 1 aromatic rings. The number of allylic oxidation sites excluding steroid dienone is 1. The van der Waals surface area contributed by atoms with E-state index in [2.05, 4.69) is 16.5 Å². The van der Waals surface area contributed by atoms with Gasteiger partial charge in [-0.3, -0.25) is 4.79 Å². The van der Waals surface area contributed by atoms with Crippen molar-refractivity contribution >= 4 is 17.5 Å². The molecule has 0 saturated carbocycles. The Bertz CT molecular complexity index is 550. The summed E-state index contributed by atoms with van der Waals surface area (Å²) in [5.41, 5.74) is -0.0685. The van der Waals surface area contributed by atoms with Crippen molar-refractivity contribution in [2.75, 3.05) is 19.7 Å². The lowest BCUT2D eigenvalue weighted by atomic mass is 9.78. The van der Waals surface area contributed by atoms with Gasteiger partial charge in [0, 0.05) is 18.5 Å². The number of carbonyl (C=O) groups is 1. The summed E-state index contributed by atoms with van der Waals surface area (Å²) in [5.74, 6) is 0.311. The van der Waals surface area contributed by atoms with E-state index >= 15 is 0 Å². The Morgan fingerprint density at radius 3 is 3.10 bits per heavy atom. The molecule has 1 saturated heterocycles. The van der Waals surface area contributed by atoms with Crippen LogP contribution in [-0.2, 0) is 0 Å². The fourth-order valence-corrected chi connectivity index (χ4v) is 2.97. The van der Waals surface area contributed by atoms with Crippen LogP contribution in [0.5, 0.6) is 0 Å². The van der Waals surface area contributed by atoms with E-state index in [1.54, 1.807) is 17.9 Å². The third-order valence-electron chi connectivity index (χ3n) is 3.93. The number of nitrogens with zero attached hydrogens (tertiary/aromatic N) is 3. The van der Waals surface area contributed by atoms with Crippen molar-refractivity contribution in [3.8, 4) is 0 Å². The van der Waals surface area contributed by atoms with Gasteiger partial charge in [0.15, 0.2) is 5.69 Å². The highest BCUT2D eigenvalue weighted by Crippen LogP contribution is 2.34. The van der Waals surface area contributed by atoms with Gasteiger partial charge in [0.2, 0.25) is 0 Å². The van der Waals surface area contributed by atoms with Gasteiger partial charge in [-0.1, -0.05) is 17.7 Å². The molecule has 1 aromatic heterocycles. The van der Waals surface area contributed by atoms with E-state index < -0.39 is 0 Å². The molecule has 1 fully saturated rings. The zero-order valence-corrected chi connectivity index (χ0v) is 12.9. The number of likely N-dealkylation sites (tertiary alicyclic amines) is 1. The highest BCUT2D eigenvalue weighted by atomic mass is 35.5. The highest BCUT2D eigenvalue weighted by molar-refractivity contribution is 6.33. The molecule has 114 valence electrons. The molecule has 1 aliphatic heterocycles. The SMILES string of the molecule is C=CC[C@@]1(CO)CCCN(C(=O)c2nc(C)ncc2Cl)C1. The predicted molar refractivity (Wildman–Crippen MR) is 81.2 cm³/mol. The summed E-state index contributed by atoms with van der Waals surface area (Å²) in [7, 11) is 0. The third-order valence-corrected chi connectivity index (χ3v) is 4.21. The topological polar surface area (TPSA) is 66.3 Å². The second kappa shape index (κ2) is 6.54. The van der Waals surface area contributed by atoms with E-state index in [1.807, 2.05) is 0 Å². The average molecular weight is 310 g/mol. The molecular formula is C15H20ClN3O2. The van der Waals surface area contributed by atoms with E-state index in [0.717, 1.165) is 12.8 Å². The van der Waals surface area contributed by atoms with Crippen LogP contribution in [0.2, 0.25) is 5.02 Å². The molecule has 1 amide bonds. The Balaban J connectivity index is 2.22. The van der Waals surface area contributed by atoms with Gasteiger partial charge < -0.3 is 10.0 Å². The first kappa shape index (κ1) is 15.9. The smallest absolute Gasteiger partial charge is 0.274 e. The van der Waals surface area contributed by atoms with Crippen molar-refractivity contribution in [2.24, 2.45) is 5.41 Å². The first-order valence-corrected chi connectivity index (χ1v) is 7.39. The summed E-state index contributed by atoms with van der Waals surface area (Å²) in [6.07, 6.45) is 5.66. The monoisotopic (exact) mass is 309 g/mol. The van der Waals surface area contributed by atoms with Crippen LogP contribution in [0.3, 0.4) is 0 Å². The minimum absolute atomic E-state index is 0.0410. The van der Waals surface area contributed by atoms with Gasteiger partial charge in [0.1, 0.15) is 5.82 Å². The number of aryl methyl sites for hydroxylation is 1. The third kappa shape index (κ3) is 3.41. The van der Waals surface area contributed by atoms with Crippen LogP contribution in [0, 0.1) is 12.3 Å². The number of aliphatic hydroxyl groups excluding tert-OH is 1. The van der Waals surface area contributed by atoms with Crippen LogP contribution in [0.15, 0.2) is 18.9 Å². The number of rotatable bonds is 4. The van der Waals surface area contributed by atoms with Crippen molar-refractivity contribution in [3.05, 3.63) is 35.4 Å². The van der Waals surface area contributed by atoms with Gasteiger partial charge in [0.05, 0.1) is 17.8 Å². The minimum atomic E-state index is -0.301. The number of aliphatic hydroxyl groups is 1. The number of hydrogen-bond acceptors (Lipinski definition) is 4. The van der Waals surface area contributed by atoms with Gasteiger partial charge in [-0.15, -0.1) is 6.58 Å². The van der Waals surface area contributed by atoms with E-state index in [9.17, 15) is 9.90 Å². The molecule has 0 bridgehead atoms. The maximum Gasteiger partial charge on any atom is 0.274 e. The molecule has 2 heterocycles. The van der Waals surface area contributed by atoms with Crippen LogP contribution in [0.25, 0.3) is 0 Å². The fraction of sp³-hybridized carbons (Fsp3) is 0.533. The molecule has 0 radical (unpaired) electrons. The van der Waals surface area contributed by atoms with Gasteiger partial charge >= 0.3 is 0 Å². The summed E-state index contributed by atoms with van der Waals surface area (Å²) in [5, 5.41) is 9.96. The summed E-state index contributed by atoms with van der Waals surface area (Å²) in [6.45, 7) is 6.65. The van der Waals surface area contributed by atoms with Crippen LogP contribution in [0.4, 0.5) is 0 Å². The molecule has 1 N–H and O–H groups in total. The zero-order valence-electron chi connectivity index (χ0n) is 12.2. The summed E-state index contributed by atoms with van der Waals surface area (Å²) >= 11 is 6.04. The zero-order chi connectivity index (χ0) is 15.5. The Kier molecular flexibility index (Phi) is 4.96. The molecule has 1 aliphatic rings. The molecule has 0 spiro atoms. The Morgan fingerprint density at radius 2 is 2.43 bits per heavy atom. The van der Waals surface area contributed by atoms with Crippen molar-refractivity contribution in [2.45, 2.75) is 26.2 Å². The van der Waals surface area contributed by atoms with E-state index in [1.165, 1.54) is 6.20 Å². The van der Waals surface area contributed by atoms with Crippen LogP contribution in [0.1, 0.15) is 35.6 Å². The molecule has 2 rings (SSSR count). The second-order valence-corrected chi connectivity index (χ2v) is 6.00. The maximum absolute atomic E-state index is 12.6. The Morgan fingerprint density at radius 1 is 1.67 bits per heavy atom. The van der Waals surface area contributed by atoms with Crippen LogP contribution >= 0.6 is 11.6 Å². The molecule has 0 aromatic carbocycles. The lowest BCUT2D eigenvalue weighted by molar-refractivity contribution is 0.0281. The summed E-state index contributed by atoms with van der Waals surface area (Å²) < 4.78 is 0. The number of hydrogen-bond donors (Lipinski definition) is 1. The first-order chi connectivity index (χ1) is 10.0. The Labute approximate surface area is 129 Å². The van der Waals surface area contributed by atoms with Gasteiger partial charge in [-0.25, -0.2) is 9.97 Å². The first-order valence-electron chi connectivity index (χ1n) is 7.01. The Hall–Kier alpha value is -1.46. The molecule has 0 aliphatic carbocycles. The number of piperidine rings is 1. The second-order valence-electron chi connectivity index (χ2n) is 5.59. The minimum Gasteiger partial charge on any atom is -0.396 e. The number of halogens is 1. The molecule has 5 nitrogen and oxygen atoms in total. The lowest BCUT2D eigenvalue weighted by Crippen LogP contribution is -2.48. The highest BCUT2D eigenvalue weighted by Gasteiger charge is 2.36. The largest absolute Gasteiger partial charge is 0.396 e. The van der Waals surface area contributed by atoms with E-state index in [4.69, 9.17) is 11.6 Å². The van der Waals surface area contributed by atoms with Crippen LogP contribution in [-0.4, -0.2) is 45.6 Å². The van der Waals surface area contributed by atoms with Gasteiger partial charge in [0.25, 0.3) is 5.91 Å². The van der Waals surface area contributed by atoms with Crippen molar-refractivity contribution in [1.82, 2.24) is 14.9 Å². The molecule has 0 unspecified atom stereocenters. The standard InChI is InChI=1S/C15H20ClN3O2/c1-3-5-15(10-20)6-4-7-19(9-15)14(21)13-12(16)8-17-11(2)18-13/h3,8,20H,1,4-7,9-10H2,2H3/t15-/m1/s1. The summed E-state index contributed by atoms with van der Waals surface area (Å²) in [6, 6.07) is 0. The molecule has 6 heteroatoms. The van der Waals surface area contributed by atoms with E-state index in [0.29, 0.717) is 25.3 Å². The predicted octanol–water partition coefficient (Wildman–Crippen LogP) is 2.23. The number of aromatic nitrogens is 2. The van der Waals surface area contributed by atoms with Crippen molar-refractivity contribution < 1.29 is 9.90 Å². The summed E-state index contributed by atoms with van der Waals surface area (Å²) in [4.78, 5) is 22.5. The van der Waals surface area contributed by atoms with Crippen LogP contribution < -0.4 is 0 Å². The number of carbonyl (C=O) groups excluding carboxylic acids is 1.